The van der Waals surface area contributed by atoms with Crippen LogP contribution < -0.4 is 20.6 Å². The number of Topliss-reactive ketones (excluding diaryl/α,β-unsaturated/α-hetero) is 1. The summed E-state index contributed by atoms with van der Waals surface area (Å²) >= 11 is 0. The fraction of sp³-hybridized carbons (Fsp3) is 0.423. The molecule has 3 aromatic carbocycles. The Morgan fingerprint density at radius 2 is 1.21 bits per heavy atom. The summed E-state index contributed by atoms with van der Waals surface area (Å²) in [6.45, 7) is 19.7. The molecule has 0 bridgehead atoms. The van der Waals surface area contributed by atoms with Crippen molar-refractivity contribution in [3.63, 3.8) is 0 Å². The zero-order valence-corrected chi connectivity index (χ0v) is 38.4. The number of hydrogen-bond donors (Lipinski definition) is 2. The number of nitrogens with zero attached hydrogens (tertiary/aromatic N) is 4. The summed E-state index contributed by atoms with van der Waals surface area (Å²) in [5, 5.41) is 20.6. The van der Waals surface area contributed by atoms with Gasteiger partial charge < -0.3 is 30.4 Å². The molecule has 2 aliphatic rings. The summed E-state index contributed by atoms with van der Waals surface area (Å²) in [6.07, 6.45) is 13.9. The number of unbranched alkanes of at least 4 members (excludes halogenated alkanes) is 2. The average Bonchev–Trinajstić information content (AvgIpc) is 3.28. The van der Waals surface area contributed by atoms with E-state index >= 15 is 0 Å². The Bertz CT molecular complexity index is 2210. The number of urea groups is 2. The maximum atomic E-state index is 14.5. The van der Waals surface area contributed by atoms with Gasteiger partial charge in [0.1, 0.15) is 6.54 Å². The zero-order valence-electron chi connectivity index (χ0n) is 38.4. The molecule has 0 unspecified atom stereocenters. The van der Waals surface area contributed by atoms with Crippen LogP contribution >= 0.6 is 0 Å². The molecule has 5 rings (SSSR count). The minimum absolute atomic E-state index is 0.00424. The van der Waals surface area contributed by atoms with Crippen molar-refractivity contribution in [3.8, 4) is 0 Å². The van der Waals surface area contributed by atoms with Crippen molar-refractivity contribution in [1.82, 2.24) is 15.1 Å². The lowest BCUT2D eigenvalue weighted by Crippen LogP contribution is -2.41. The molecular weight excluding hydrogens is 773 g/mol. The van der Waals surface area contributed by atoms with Crippen molar-refractivity contribution >= 4 is 51.9 Å². The molecule has 330 valence electrons. The summed E-state index contributed by atoms with van der Waals surface area (Å²) in [6, 6.07) is 22.1. The van der Waals surface area contributed by atoms with E-state index in [-0.39, 0.29) is 23.2 Å². The molecule has 3 aromatic rings. The van der Waals surface area contributed by atoms with Gasteiger partial charge in [-0.3, -0.25) is 4.79 Å². The van der Waals surface area contributed by atoms with Crippen LogP contribution in [0.15, 0.2) is 108 Å². The van der Waals surface area contributed by atoms with Gasteiger partial charge in [0.15, 0.2) is 5.78 Å². The normalized spacial score (nSPS) is 15.5. The maximum absolute atomic E-state index is 14.5. The molecule has 0 saturated carbocycles. The third-order valence-electron chi connectivity index (χ3n) is 11.7. The molecule has 62 heavy (non-hydrogen) atoms. The molecule has 0 saturated heterocycles. The number of ketones is 1. The van der Waals surface area contributed by atoms with Crippen molar-refractivity contribution in [2.45, 2.75) is 107 Å². The summed E-state index contributed by atoms with van der Waals surface area (Å²) in [7, 11) is 0. The molecule has 0 aliphatic heterocycles. The first-order valence-electron chi connectivity index (χ1n) is 23.0. The number of amides is 4. The first kappa shape index (κ1) is 47.2. The maximum Gasteiger partial charge on any atom is 0.321 e. The third-order valence-corrected chi connectivity index (χ3v) is 11.7. The Morgan fingerprint density at radius 3 is 1.74 bits per heavy atom. The van der Waals surface area contributed by atoms with Crippen LogP contribution in [0.5, 0.6) is 0 Å². The van der Waals surface area contributed by atoms with E-state index in [9.17, 15) is 19.5 Å². The van der Waals surface area contributed by atoms with E-state index < -0.39 is 11.5 Å². The average molecular weight is 841 g/mol. The number of rotatable bonds is 20. The van der Waals surface area contributed by atoms with E-state index in [4.69, 9.17) is 0 Å². The number of hydrogen-bond acceptors (Lipinski definition) is 5. The van der Waals surface area contributed by atoms with Crippen molar-refractivity contribution < 1.29 is 24.1 Å². The van der Waals surface area contributed by atoms with Gasteiger partial charge in [-0.15, -0.1) is 0 Å². The number of carbonyl (C=O) groups excluding carboxylic acids is 3. The summed E-state index contributed by atoms with van der Waals surface area (Å²) in [5.74, 6) is -0.873. The highest BCUT2D eigenvalue weighted by Gasteiger charge is 2.35. The Labute approximate surface area is 370 Å². The predicted octanol–water partition coefficient (Wildman–Crippen LogP) is 10.4. The van der Waals surface area contributed by atoms with Gasteiger partial charge in [0, 0.05) is 97.1 Å². The quantitative estimate of drug-likeness (QED) is 0.0870. The van der Waals surface area contributed by atoms with Crippen LogP contribution in [-0.4, -0.2) is 77.2 Å². The van der Waals surface area contributed by atoms with Crippen LogP contribution in [0.4, 0.5) is 32.3 Å². The second-order valence-corrected chi connectivity index (χ2v) is 15.9. The van der Waals surface area contributed by atoms with Crippen LogP contribution in [0.25, 0.3) is 5.57 Å². The number of allylic oxidation sites excluding steroid dienone is 5. The fourth-order valence-corrected chi connectivity index (χ4v) is 8.04. The molecule has 0 fully saturated rings. The Hall–Kier alpha value is -5.90. The lowest BCUT2D eigenvalue weighted by molar-refractivity contribution is -0.439. The smallest absolute Gasteiger partial charge is 0.321 e. The van der Waals surface area contributed by atoms with Crippen molar-refractivity contribution in [1.29, 1.82) is 0 Å². The van der Waals surface area contributed by atoms with Crippen LogP contribution in [0.1, 0.15) is 111 Å². The second-order valence-electron chi connectivity index (χ2n) is 15.9. The van der Waals surface area contributed by atoms with Crippen molar-refractivity contribution in [2.75, 3.05) is 49.5 Å². The van der Waals surface area contributed by atoms with E-state index in [1.165, 1.54) is 11.1 Å². The monoisotopic (exact) mass is 841 g/mol. The Balaban J connectivity index is 1.62. The topological polar surface area (TPSA) is 111 Å². The highest BCUT2D eigenvalue weighted by molar-refractivity contribution is 6.40. The minimum Gasteiger partial charge on any atom is -0.871 e. The highest BCUT2D eigenvalue weighted by Crippen LogP contribution is 2.43. The van der Waals surface area contributed by atoms with Crippen LogP contribution in [0.2, 0.25) is 0 Å². The number of benzene rings is 3. The fourth-order valence-electron chi connectivity index (χ4n) is 8.04. The number of aryl methyl sites for hydroxylation is 2. The van der Waals surface area contributed by atoms with Crippen molar-refractivity contribution in [2.24, 2.45) is 0 Å². The van der Waals surface area contributed by atoms with Gasteiger partial charge in [-0.05, 0) is 101 Å². The van der Waals surface area contributed by atoms with Gasteiger partial charge in [-0.2, -0.15) is 4.58 Å². The second kappa shape index (κ2) is 22.8. The van der Waals surface area contributed by atoms with Gasteiger partial charge in [0.25, 0.3) is 0 Å². The van der Waals surface area contributed by atoms with Gasteiger partial charge in [-0.25, -0.2) is 9.59 Å². The molecule has 0 spiro atoms. The van der Waals surface area contributed by atoms with Gasteiger partial charge in [0.05, 0.1) is 11.4 Å². The van der Waals surface area contributed by atoms with Crippen LogP contribution in [-0.2, 0) is 17.6 Å². The largest absolute Gasteiger partial charge is 0.871 e. The van der Waals surface area contributed by atoms with Crippen LogP contribution in [0.3, 0.4) is 0 Å². The molecule has 4 amide bonds. The van der Waals surface area contributed by atoms with E-state index in [0.29, 0.717) is 48.7 Å². The first-order valence-corrected chi connectivity index (χ1v) is 23.0. The zero-order chi connectivity index (χ0) is 44.8. The number of nitrogens with one attached hydrogen (secondary N) is 2. The Morgan fingerprint density at radius 1 is 0.645 bits per heavy atom. The summed E-state index contributed by atoms with van der Waals surface area (Å²) < 4.78 is 2.20. The van der Waals surface area contributed by atoms with Crippen molar-refractivity contribution in [3.05, 3.63) is 124 Å². The third kappa shape index (κ3) is 10.9. The number of anilines is 3. The molecule has 10 nitrogen and oxygen atoms in total. The molecule has 0 heterocycles. The first-order chi connectivity index (χ1) is 30.1. The highest BCUT2D eigenvalue weighted by atomic mass is 16.3. The lowest BCUT2D eigenvalue weighted by atomic mass is 9.78. The van der Waals surface area contributed by atoms with Crippen LogP contribution in [0, 0.1) is 0 Å². The van der Waals surface area contributed by atoms with E-state index in [0.717, 1.165) is 87.2 Å². The van der Waals surface area contributed by atoms with Gasteiger partial charge in [0.2, 0.25) is 11.4 Å². The molecule has 10 heteroatoms. The molecule has 0 radical (unpaired) electrons. The SMILES string of the molecule is CCCCc1ccc(N(CCC)c2ccc(C3=C([O-])/C(=C4C=C/C(=[N+](\CCC)c5ccc(CCCC)cc5)C=C\4NC(=O)N(CC)CC)C3=O)c(NC(=O)N(CC)CC)c2)cc1. The van der Waals surface area contributed by atoms with E-state index in [1.54, 1.807) is 21.9 Å². The summed E-state index contributed by atoms with van der Waals surface area (Å²) in [5.41, 5.74) is 7.78. The number of carbonyl (C=O) groups is 3. The van der Waals surface area contributed by atoms with E-state index in [2.05, 4.69) is 96.3 Å². The van der Waals surface area contributed by atoms with Gasteiger partial charge in [-0.1, -0.05) is 76.6 Å². The Kier molecular flexibility index (Phi) is 17.3. The molecule has 2 N–H and O–H groups in total. The molecule has 0 atom stereocenters. The standard InChI is InChI=1S/C52H68N6O4/c1-9-17-19-37-21-25-39(26-22-37)57(33-11-3)41-29-31-43(45(35-41)53-51(61)55(13-5)14-6)47-49(59)48(50(47)60)44-32-30-42(36-46(44)54-52(62)56(15-7)16-8)58(34-12-4)40-27-23-38(24-28-40)20-18-10-2/h21-32,35-36H,9-20,33-34H2,1-8H3,(H2,53,54,59,60,61,62). The molecular formula is C52H68N6O4. The minimum atomic E-state index is -0.437. The molecule has 0 aromatic heterocycles. The lowest BCUT2D eigenvalue weighted by Gasteiger charge is -2.35. The van der Waals surface area contributed by atoms with Gasteiger partial charge >= 0.3 is 12.1 Å². The molecule has 2 aliphatic carbocycles. The predicted molar refractivity (Wildman–Crippen MR) is 254 cm³/mol. The van der Waals surface area contributed by atoms with E-state index in [1.807, 2.05) is 52.0 Å². The summed E-state index contributed by atoms with van der Waals surface area (Å²) in [4.78, 5) is 47.2.